The molecule has 0 bridgehead atoms. The van der Waals surface area contributed by atoms with Crippen molar-refractivity contribution in [3.05, 3.63) is 34.9 Å². The first-order valence-corrected chi connectivity index (χ1v) is 11.2. The van der Waals surface area contributed by atoms with Crippen molar-refractivity contribution in [3.63, 3.8) is 0 Å². The van der Waals surface area contributed by atoms with E-state index in [0.717, 1.165) is 0 Å². The number of aromatic nitrogens is 2. The normalized spacial score (nSPS) is 36.7. The number of likely N-dealkylation sites (N-methyl/N-ethyl adjacent to an activating group) is 1. The van der Waals surface area contributed by atoms with Gasteiger partial charge in [0.05, 0.1) is 24.4 Å². The lowest BCUT2D eigenvalue weighted by Crippen LogP contribution is -2.63. The van der Waals surface area contributed by atoms with Crippen molar-refractivity contribution >= 4 is 11.7 Å². The van der Waals surface area contributed by atoms with Crippen LogP contribution < -0.4 is 11.0 Å². The van der Waals surface area contributed by atoms with E-state index in [-0.39, 0.29) is 12.2 Å². The van der Waals surface area contributed by atoms with Crippen molar-refractivity contribution in [2.45, 2.75) is 82.4 Å². The number of allylic oxidation sites excluding steroid dienone is 1. The molecule has 1 aromatic heterocycles. The molecule has 2 fully saturated rings. The van der Waals surface area contributed by atoms with Crippen LogP contribution in [0.25, 0.3) is 0 Å². The Kier molecular flexibility index (Phi) is 8.57. The number of carbonyl (C=O) groups is 1. The summed E-state index contributed by atoms with van der Waals surface area (Å²) in [6.07, 6.45) is -3.11. The van der Waals surface area contributed by atoms with Crippen molar-refractivity contribution in [1.29, 1.82) is 0 Å². The van der Waals surface area contributed by atoms with Gasteiger partial charge in [-0.15, -0.1) is 0 Å². The Morgan fingerprint density at radius 2 is 1.94 bits per heavy atom. The van der Waals surface area contributed by atoms with Crippen LogP contribution in [0.15, 0.2) is 29.2 Å². The largest absolute Gasteiger partial charge is 0.390 e. The van der Waals surface area contributed by atoms with Gasteiger partial charge >= 0.3 is 5.69 Å². The Balaban J connectivity index is 1.67. The highest BCUT2D eigenvalue weighted by atomic mass is 16.7. The van der Waals surface area contributed by atoms with Gasteiger partial charge in [-0.25, -0.2) is 4.79 Å². The van der Waals surface area contributed by atoms with E-state index in [1.165, 1.54) is 22.9 Å². The molecule has 12 nitrogen and oxygen atoms in total. The number of ether oxygens (including phenoxy) is 3. The van der Waals surface area contributed by atoms with E-state index in [1.54, 1.807) is 45.8 Å². The average Bonchev–Trinajstić information content (AvgIpc) is 2.74. The molecule has 9 atom stereocenters. The predicted octanol–water partition coefficient (Wildman–Crippen LogP) is -0.792. The number of nitrogens with one attached hydrogen (secondary N) is 1. The summed E-state index contributed by atoms with van der Waals surface area (Å²) in [7, 11) is 3.56. The van der Waals surface area contributed by atoms with Crippen LogP contribution in [-0.2, 0) is 19.0 Å². The number of rotatable bonds is 6. The van der Waals surface area contributed by atoms with E-state index in [4.69, 9.17) is 14.2 Å². The molecule has 2 aliphatic rings. The molecule has 0 radical (unpaired) electrons. The first-order valence-electron chi connectivity index (χ1n) is 11.2. The van der Waals surface area contributed by atoms with Crippen molar-refractivity contribution in [2.75, 3.05) is 19.4 Å². The average molecular weight is 483 g/mol. The molecule has 12 heteroatoms. The first-order chi connectivity index (χ1) is 16.0. The molecule has 3 rings (SSSR count). The molecular formula is C22H34N4O8. The maximum atomic E-state index is 12.5. The minimum Gasteiger partial charge on any atom is -0.390 e. The second-order valence-corrected chi connectivity index (χ2v) is 8.84. The molecule has 1 amide bonds. The third-order valence-corrected chi connectivity index (χ3v) is 6.06. The SMILES string of the molecule is C/C=C/C(=O)Nc1ccn([C@H]2C[C@@H](O)[C@H](O[C@H]3O[C@H](C)[C@@H](N(C)C)[C@H](O)[C@H]3O)[C@@H](C)O2)c(=O)n1. The van der Waals surface area contributed by atoms with Crippen LogP contribution in [0.5, 0.6) is 0 Å². The van der Waals surface area contributed by atoms with Crippen LogP contribution in [0.4, 0.5) is 5.82 Å². The molecule has 3 heterocycles. The van der Waals surface area contributed by atoms with E-state index >= 15 is 0 Å². The zero-order valence-corrected chi connectivity index (χ0v) is 19.9. The molecule has 0 spiro atoms. The van der Waals surface area contributed by atoms with Crippen LogP contribution >= 0.6 is 0 Å². The summed E-state index contributed by atoms with van der Waals surface area (Å²) < 4.78 is 18.8. The van der Waals surface area contributed by atoms with Crippen molar-refractivity contribution in [3.8, 4) is 0 Å². The molecule has 0 aliphatic carbocycles. The first kappa shape index (κ1) is 26.4. The topological polar surface area (TPSA) is 156 Å². The van der Waals surface area contributed by atoms with Crippen LogP contribution in [-0.4, -0.2) is 98.7 Å². The van der Waals surface area contributed by atoms with Crippen LogP contribution in [0.1, 0.15) is 33.4 Å². The fourth-order valence-electron chi connectivity index (χ4n) is 4.44. The molecular weight excluding hydrogens is 448 g/mol. The maximum absolute atomic E-state index is 12.5. The fraction of sp³-hybridized carbons (Fsp3) is 0.682. The van der Waals surface area contributed by atoms with E-state index in [0.29, 0.717) is 0 Å². The van der Waals surface area contributed by atoms with Crippen molar-refractivity contribution < 1.29 is 34.3 Å². The van der Waals surface area contributed by atoms with Gasteiger partial charge in [0.2, 0.25) is 5.91 Å². The Morgan fingerprint density at radius 1 is 1.24 bits per heavy atom. The van der Waals surface area contributed by atoms with E-state index in [2.05, 4.69) is 10.3 Å². The fourth-order valence-corrected chi connectivity index (χ4v) is 4.44. The number of hydrogen-bond acceptors (Lipinski definition) is 10. The molecule has 2 aliphatic heterocycles. The highest BCUT2D eigenvalue weighted by Crippen LogP contribution is 2.32. The van der Waals surface area contributed by atoms with Crippen LogP contribution in [0, 0.1) is 0 Å². The number of anilines is 1. The zero-order valence-electron chi connectivity index (χ0n) is 19.9. The molecule has 4 N–H and O–H groups in total. The van der Waals surface area contributed by atoms with Gasteiger partial charge in [0.1, 0.15) is 30.4 Å². The number of hydrogen-bond donors (Lipinski definition) is 4. The van der Waals surface area contributed by atoms with Crippen LogP contribution in [0.3, 0.4) is 0 Å². The lowest BCUT2D eigenvalue weighted by Gasteiger charge is -2.46. The smallest absolute Gasteiger partial charge is 0.351 e. The van der Waals surface area contributed by atoms with E-state index in [1.807, 2.05) is 0 Å². The summed E-state index contributed by atoms with van der Waals surface area (Å²) in [6, 6.07) is 1.04. The standard InChI is InChI=1S/C22H34N4O8/c1-6-7-15(28)23-14-8-9-26(22(31)24-14)16-10-13(27)20(12(3)32-16)34-21-19(30)18(29)17(25(4)5)11(2)33-21/h6-9,11-13,16-21,27,29-30H,10H2,1-5H3,(H,23,24,28,31)/b7-6+/t11-,12-,13-,16-,17-,18+,19-,20-,21-/m1/s1. The number of amides is 1. The maximum Gasteiger partial charge on any atom is 0.351 e. The van der Waals surface area contributed by atoms with Gasteiger partial charge in [-0.05, 0) is 47.0 Å². The van der Waals surface area contributed by atoms with Gasteiger partial charge < -0.3 is 39.7 Å². The predicted molar refractivity (Wildman–Crippen MR) is 121 cm³/mol. The van der Waals surface area contributed by atoms with Gasteiger partial charge in [-0.1, -0.05) is 6.08 Å². The molecule has 34 heavy (non-hydrogen) atoms. The number of nitrogens with zero attached hydrogens (tertiary/aromatic N) is 3. The summed E-state index contributed by atoms with van der Waals surface area (Å²) in [6.45, 7) is 5.13. The second-order valence-electron chi connectivity index (χ2n) is 8.84. The molecule has 0 aromatic carbocycles. The second kappa shape index (κ2) is 11.0. The lowest BCUT2D eigenvalue weighted by molar-refractivity contribution is -0.322. The Labute approximate surface area is 197 Å². The Morgan fingerprint density at radius 3 is 2.53 bits per heavy atom. The number of aliphatic hydroxyl groups excluding tert-OH is 3. The minimum atomic E-state index is -1.32. The summed E-state index contributed by atoms with van der Waals surface area (Å²) in [5.74, 6) is -0.310. The zero-order chi connectivity index (χ0) is 25.2. The quantitative estimate of drug-likeness (QED) is 0.379. The van der Waals surface area contributed by atoms with Gasteiger partial charge in [-0.3, -0.25) is 9.36 Å². The van der Waals surface area contributed by atoms with Gasteiger partial charge in [0.25, 0.3) is 0 Å². The summed E-state index contributed by atoms with van der Waals surface area (Å²) >= 11 is 0. The minimum absolute atomic E-state index is 0.0160. The van der Waals surface area contributed by atoms with Crippen molar-refractivity contribution in [1.82, 2.24) is 14.5 Å². The number of carbonyl (C=O) groups excluding carboxylic acids is 1. The molecule has 2 saturated heterocycles. The monoisotopic (exact) mass is 482 g/mol. The molecule has 0 saturated carbocycles. The third kappa shape index (κ3) is 5.71. The molecule has 190 valence electrons. The van der Waals surface area contributed by atoms with Crippen molar-refractivity contribution in [2.24, 2.45) is 0 Å². The summed E-state index contributed by atoms with van der Waals surface area (Å²) in [5, 5.41) is 34.3. The lowest BCUT2D eigenvalue weighted by atomic mass is 9.95. The van der Waals surface area contributed by atoms with Gasteiger partial charge in [0, 0.05) is 12.6 Å². The van der Waals surface area contributed by atoms with Gasteiger partial charge in [-0.2, -0.15) is 4.98 Å². The molecule has 1 aromatic rings. The highest BCUT2D eigenvalue weighted by Gasteiger charge is 2.47. The Hall–Kier alpha value is -2.19. The number of aliphatic hydroxyl groups is 3. The molecule has 0 unspecified atom stereocenters. The summed E-state index contributed by atoms with van der Waals surface area (Å²) in [4.78, 5) is 29.8. The van der Waals surface area contributed by atoms with Crippen LogP contribution in [0.2, 0.25) is 0 Å². The van der Waals surface area contributed by atoms with Gasteiger partial charge in [0.15, 0.2) is 6.29 Å². The van der Waals surface area contributed by atoms with E-state index in [9.17, 15) is 24.9 Å². The third-order valence-electron chi connectivity index (χ3n) is 6.06. The highest BCUT2D eigenvalue weighted by molar-refractivity contribution is 5.98. The summed E-state index contributed by atoms with van der Waals surface area (Å²) in [5.41, 5.74) is -0.653. The Bertz CT molecular complexity index is 926. The van der Waals surface area contributed by atoms with E-state index < -0.39 is 66.8 Å².